The van der Waals surface area contributed by atoms with Gasteiger partial charge in [0.2, 0.25) is 0 Å². The van der Waals surface area contributed by atoms with Gasteiger partial charge in [0.25, 0.3) is 0 Å². The van der Waals surface area contributed by atoms with Crippen LogP contribution in [0.4, 0.5) is 5.69 Å². The van der Waals surface area contributed by atoms with Gasteiger partial charge >= 0.3 is 0 Å². The third kappa shape index (κ3) is 3.19. The van der Waals surface area contributed by atoms with Gasteiger partial charge in [-0.3, -0.25) is 0 Å². The highest BCUT2D eigenvalue weighted by atomic mass is 16.5. The van der Waals surface area contributed by atoms with Crippen molar-refractivity contribution in [1.29, 1.82) is 0 Å². The van der Waals surface area contributed by atoms with Crippen molar-refractivity contribution in [3.63, 3.8) is 0 Å². The molecule has 0 aliphatic rings. The van der Waals surface area contributed by atoms with Crippen LogP contribution >= 0.6 is 0 Å². The molecule has 1 N–H and O–H groups in total. The average Bonchev–Trinajstić information content (AvgIpc) is 2.46. The lowest BCUT2D eigenvalue weighted by atomic mass is 10.1. The fourth-order valence-corrected chi connectivity index (χ4v) is 1.95. The normalized spacial score (nSPS) is 10.1. The zero-order valence-corrected chi connectivity index (χ0v) is 11.6. The van der Waals surface area contributed by atoms with Crippen LogP contribution in [-0.4, -0.2) is 14.2 Å². The molecule has 100 valence electrons. The first-order valence-corrected chi connectivity index (χ1v) is 6.25. The van der Waals surface area contributed by atoms with E-state index in [4.69, 9.17) is 9.47 Å². The molecule has 3 nitrogen and oxygen atoms in total. The minimum Gasteiger partial charge on any atom is -0.497 e. The van der Waals surface area contributed by atoms with E-state index >= 15 is 0 Å². The van der Waals surface area contributed by atoms with Crippen molar-refractivity contribution < 1.29 is 9.47 Å². The Morgan fingerprint density at radius 2 is 1.79 bits per heavy atom. The second kappa shape index (κ2) is 6.14. The summed E-state index contributed by atoms with van der Waals surface area (Å²) in [6, 6.07) is 14.1. The van der Waals surface area contributed by atoms with Gasteiger partial charge in [0.05, 0.1) is 19.9 Å². The second-order valence-corrected chi connectivity index (χ2v) is 4.35. The molecule has 0 aliphatic heterocycles. The Morgan fingerprint density at radius 3 is 2.47 bits per heavy atom. The maximum absolute atomic E-state index is 5.35. The molecule has 0 amide bonds. The van der Waals surface area contributed by atoms with E-state index in [0.717, 1.165) is 23.7 Å². The lowest BCUT2D eigenvalue weighted by molar-refractivity contribution is 0.404. The van der Waals surface area contributed by atoms with Crippen LogP contribution in [0.25, 0.3) is 0 Å². The Labute approximate surface area is 114 Å². The number of ether oxygens (including phenoxy) is 2. The van der Waals surface area contributed by atoms with Gasteiger partial charge in [-0.1, -0.05) is 24.3 Å². The van der Waals surface area contributed by atoms with Crippen molar-refractivity contribution in [3.05, 3.63) is 53.6 Å². The van der Waals surface area contributed by atoms with E-state index in [1.54, 1.807) is 14.2 Å². The van der Waals surface area contributed by atoms with Gasteiger partial charge in [-0.25, -0.2) is 0 Å². The zero-order chi connectivity index (χ0) is 13.7. The van der Waals surface area contributed by atoms with Gasteiger partial charge in [-0.05, 0) is 30.2 Å². The molecule has 2 aromatic carbocycles. The summed E-state index contributed by atoms with van der Waals surface area (Å²) >= 11 is 0. The second-order valence-electron chi connectivity index (χ2n) is 4.35. The summed E-state index contributed by atoms with van der Waals surface area (Å²) in [5, 5.41) is 3.39. The van der Waals surface area contributed by atoms with Crippen LogP contribution in [0.5, 0.6) is 11.5 Å². The van der Waals surface area contributed by atoms with E-state index in [9.17, 15) is 0 Å². The summed E-state index contributed by atoms with van der Waals surface area (Å²) in [4.78, 5) is 0. The first kappa shape index (κ1) is 13.3. The number of methoxy groups -OCH3 is 2. The number of rotatable bonds is 5. The quantitative estimate of drug-likeness (QED) is 0.887. The van der Waals surface area contributed by atoms with Crippen molar-refractivity contribution >= 4 is 5.69 Å². The zero-order valence-electron chi connectivity index (χ0n) is 11.6. The van der Waals surface area contributed by atoms with Crippen molar-refractivity contribution in [2.24, 2.45) is 0 Å². The highest BCUT2D eigenvalue weighted by Gasteiger charge is 2.05. The molecular formula is C16H19NO2. The molecule has 2 rings (SSSR count). The number of nitrogens with one attached hydrogen (secondary N) is 1. The van der Waals surface area contributed by atoms with Crippen molar-refractivity contribution in [2.75, 3.05) is 19.5 Å². The average molecular weight is 257 g/mol. The molecule has 0 aromatic heterocycles. The molecule has 0 saturated heterocycles. The van der Waals surface area contributed by atoms with Crippen LogP contribution in [0.1, 0.15) is 11.1 Å². The Bertz CT molecular complexity index is 552. The van der Waals surface area contributed by atoms with Gasteiger partial charge in [0, 0.05) is 12.6 Å². The van der Waals surface area contributed by atoms with E-state index in [-0.39, 0.29) is 0 Å². The number of hydrogen-bond acceptors (Lipinski definition) is 3. The molecular weight excluding hydrogens is 238 g/mol. The number of anilines is 1. The molecule has 0 aliphatic carbocycles. The number of benzene rings is 2. The predicted molar refractivity (Wildman–Crippen MR) is 78.1 cm³/mol. The van der Waals surface area contributed by atoms with Gasteiger partial charge < -0.3 is 14.8 Å². The summed E-state index contributed by atoms with van der Waals surface area (Å²) in [6.45, 7) is 2.87. The Morgan fingerprint density at radius 1 is 1.00 bits per heavy atom. The molecule has 0 saturated carbocycles. The molecule has 0 spiro atoms. The highest BCUT2D eigenvalue weighted by Crippen LogP contribution is 2.29. The predicted octanol–water partition coefficient (Wildman–Crippen LogP) is 3.62. The maximum atomic E-state index is 5.35. The molecule has 0 atom stereocenters. The molecule has 0 unspecified atom stereocenters. The molecule has 0 bridgehead atoms. The van der Waals surface area contributed by atoms with Crippen molar-refractivity contribution in [2.45, 2.75) is 13.5 Å². The van der Waals surface area contributed by atoms with Gasteiger partial charge in [-0.15, -0.1) is 0 Å². The molecule has 0 radical (unpaired) electrons. The minimum atomic E-state index is 0.760. The third-order valence-electron chi connectivity index (χ3n) is 3.14. The summed E-state index contributed by atoms with van der Waals surface area (Å²) in [7, 11) is 3.33. The first-order chi connectivity index (χ1) is 9.24. The van der Waals surface area contributed by atoms with Crippen LogP contribution in [0.15, 0.2) is 42.5 Å². The molecule has 3 heteroatoms. The number of hydrogen-bond donors (Lipinski definition) is 1. The summed E-state index contributed by atoms with van der Waals surface area (Å²) in [5.74, 6) is 1.63. The molecule has 0 fully saturated rings. The van der Waals surface area contributed by atoms with Crippen LogP contribution in [0.3, 0.4) is 0 Å². The lowest BCUT2D eigenvalue weighted by Gasteiger charge is -2.13. The topological polar surface area (TPSA) is 30.5 Å². The fourth-order valence-electron chi connectivity index (χ4n) is 1.95. The first-order valence-electron chi connectivity index (χ1n) is 6.25. The van der Waals surface area contributed by atoms with Crippen LogP contribution in [-0.2, 0) is 6.54 Å². The molecule has 2 aromatic rings. The fraction of sp³-hybridized carbons (Fsp3) is 0.250. The van der Waals surface area contributed by atoms with Gasteiger partial charge in [0.1, 0.15) is 11.5 Å². The van der Waals surface area contributed by atoms with E-state index in [1.165, 1.54) is 11.1 Å². The number of aryl methyl sites for hydroxylation is 1. The van der Waals surface area contributed by atoms with Crippen LogP contribution in [0, 0.1) is 6.92 Å². The largest absolute Gasteiger partial charge is 0.497 e. The summed E-state index contributed by atoms with van der Waals surface area (Å²) in [5.41, 5.74) is 3.48. The van der Waals surface area contributed by atoms with Gasteiger partial charge in [-0.2, -0.15) is 0 Å². The Kier molecular flexibility index (Phi) is 4.29. The minimum absolute atomic E-state index is 0.760. The molecule has 19 heavy (non-hydrogen) atoms. The van der Waals surface area contributed by atoms with E-state index in [2.05, 4.69) is 24.4 Å². The molecule has 0 heterocycles. The van der Waals surface area contributed by atoms with Crippen LogP contribution < -0.4 is 14.8 Å². The third-order valence-corrected chi connectivity index (χ3v) is 3.14. The van der Waals surface area contributed by atoms with Crippen LogP contribution in [0.2, 0.25) is 0 Å². The van der Waals surface area contributed by atoms with Crippen molar-refractivity contribution in [3.8, 4) is 11.5 Å². The highest BCUT2D eigenvalue weighted by molar-refractivity contribution is 5.60. The Hall–Kier alpha value is -2.16. The van der Waals surface area contributed by atoms with E-state index in [1.807, 2.05) is 30.3 Å². The van der Waals surface area contributed by atoms with E-state index < -0.39 is 0 Å². The SMILES string of the molecule is COc1ccc(OC)c(NCc2ccccc2C)c1. The summed E-state index contributed by atoms with van der Waals surface area (Å²) < 4.78 is 10.6. The maximum Gasteiger partial charge on any atom is 0.142 e. The lowest BCUT2D eigenvalue weighted by Crippen LogP contribution is -2.03. The Balaban J connectivity index is 2.16. The van der Waals surface area contributed by atoms with Crippen molar-refractivity contribution in [1.82, 2.24) is 0 Å². The monoisotopic (exact) mass is 257 g/mol. The standard InChI is InChI=1S/C16H19NO2/c1-12-6-4-5-7-13(12)11-17-15-10-14(18-2)8-9-16(15)19-3/h4-10,17H,11H2,1-3H3. The van der Waals surface area contributed by atoms with E-state index in [0.29, 0.717) is 0 Å². The summed E-state index contributed by atoms with van der Waals surface area (Å²) in [6.07, 6.45) is 0. The van der Waals surface area contributed by atoms with Gasteiger partial charge in [0.15, 0.2) is 0 Å². The smallest absolute Gasteiger partial charge is 0.142 e.